The van der Waals surface area contributed by atoms with Crippen molar-refractivity contribution in [3.8, 4) is 39.3 Å². The van der Waals surface area contributed by atoms with Gasteiger partial charge >= 0.3 is 0 Å². The summed E-state index contributed by atoms with van der Waals surface area (Å²) in [5.74, 6) is 0. The first-order valence-corrected chi connectivity index (χ1v) is 18.3. The van der Waals surface area contributed by atoms with E-state index >= 15 is 0 Å². The Balaban J connectivity index is 1.20. The highest BCUT2D eigenvalue weighted by molar-refractivity contribution is 7.99. The molecule has 1 unspecified atom stereocenters. The number of nitrogens with zero attached hydrogens (tertiary/aromatic N) is 2. The quantitative estimate of drug-likeness (QED) is 0.187. The Hall–Kier alpha value is -6.16. The predicted octanol–water partition coefficient (Wildman–Crippen LogP) is 12.3. The number of aromatic nitrogens is 2. The van der Waals surface area contributed by atoms with Crippen molar-refractivity contribution in [3.05, 3.63) is 204 Å². The molecule has 4 heterocycles. The number of hydrogen-bond donors (Lipinski definition) is 0. The molecule has 2 aliphatic heterocycles. The third kappa shape index (κ3) is 4.04. The largest absolute Gasteiger partial charge is 0.309 e. The first-order valence-electron chi connectivity index (χ1n) is 17.5. The first-order chi connectivity index (χ1) is 25.3. The number of hydrogen-bond acceptors (Lipinski definition) is 2. The lowest BCUT2D eigenvalue weighted by molar-refractivity contribution is 0.689. The fourth-order valence-corrected chi connectivity index (χ4v) is 9.95. The third-order valence-electron chi connectivity index (χ3n) is 10.8. The summed E-state index contributed by atoms with van der Waals surface area (Å²) in [6.45, 7) is 0. The molecule has 0 N–H and O–H groups in total. The van der Waals surface area contributed by atoms with E-state index in [0.717, 1.165) is 28.1 Å². The Morgan fingerprint density at radius 2 is 1.04 bits per heavy atom. The van der Waals surface area contributed by atoms with Crippen LogP contribution in [-0.2, 0) is 5.41 Å². The Labute approximate surface area is 300 Å². The summed E-state index contributed by atoms with van der Waals surface area (Å²) < 4.78 is 2.50. The van der Waals surface area contributed by atoms with E-state index in [1.54, 1.807) is 0 Å². The SMILES string of the molecule is c1ccc(-c2cc(-c3ccccc3)nc(-c3ccc4c(c3)Sc3ccccc3C43c4ccccc4-n4c5ccccc5c5cccc3c54)c2)cc1. The van der Waals surface area contributed by atoms with E-state index in [-0.39, 0.29) is 0 Å². The summed E-state index contributed by atoms with van der Waals surface area (Å²) in [5, 5.41) is 2.58. The predicted molar refractivity (Wildman–Crippen MR) is 211 cm³/mol. The van der Waals surface area contributed by atoms with Gasteiger partial charge in [-0.25, -0.2) is 4.98 Å². The standard InChI is InChI=1S/C48H30N2S/c1-3-14-31(15-4-1)34-28-41(32-16-5-2-6-17-32)49-42(29-34)33-26-27-39-46(30-33)51-45-25-12-9-21-38(45)48(39)37-20-8-11-24-44(37)50-43-23-10-7-18-35(43)36-19-13-22-40(48)47(36)50/h1-30H. The maximum atomic E-state index is 5.31. The minimum absolute atomic E-state index is 0.495. The van der Waals surface area contributed by atoms with E-state index in [1.807, 2.05) is 11.8 Å². The highest BCUT2D eigenvalue weighted by Gasteiger charge is 2.49. The minimum atomic E-state index is -0.495. The Morgan fingerprint density at radius 1 is 0.412 bits per heavy atom. The van der Waals surface area contributed by atoms with Gasteiger partial charge in [0, 0.05) is 31.7 Å². The molecule has 0 aliphatic carbocycles. The van der Waals surface area contributed by atoms with Crippen LogP contribution >= 0.6 is 11.8 Å². The molecule has 7 aromatic carbocycles. The van der Waals surface area contributed by atoms with Crippen molar-refractivity contribution in [1.29, 1.82) is 0 Å². The highest BCUT2D eigenvalue weighted by Crippen LogP contribution is 2.60. The maximum Gasteiger partial charge on any atom is 0.0764 e. The second-order valence-corrected chi connectivity index (χ2v) is 14.6. The maximum absolute atomic E-state index is 5.31. The van der Waals surface area contributed by atoms with Crippen molar-refractivity contribution in [2.75, 3.05) is 0 Å². The Bertz CT molecular complexity index is 2780. The van der Waals surface area contributed by atoms with Gasteiger partial charge in [0.1, 0.15) is 0 Å². The van der Waals surface area contributed by atoms with Gasteiger partial charge in [0.2, 0.25) is 0 Å². The molecule has 0 radical (unpaired) electrons. The summed E-state index contributed by atoms with van der Waals surface area (Å²) >= 11 is 1.88. The van der Waals surface area contributed by atoms with Crippen LogP contribution in [0.1, 0.15) is 22.3 Å². The summed E-state index contributed by atoms with van der Waals surface area (Å²) in [7, 11) is 0. The van der Waals surface area contributed by atoms with Gasteiger partial charge in [-0.3, -0.25) is 0 Å². The van der Waals surface area contributed by atoms with Gasteiger partial charge in [-0.2, -0.15) is 0 Å². The van der Waals surface area contributed by atoms with E-state index in [4.69, 9.17) is 4.98 Å². The van der Waals surface area contributed by atoms with Gasteiger partial charge < -0.3 is 4.57 Å². The monoisotopic (exact) mass is 666 g/mol. The van der Waals surface area contributed by atoms with E-state index in [2.05, 4.69) is 187 Å². The molecular weight excluding hydrogens is 637 g/mol. The molecule has 0 saturated carbocycles. The van der Waals surface area contributed by atoms with E-state index in [0.29, 0.717) is 0 Å². The van der Waals surface area contributed by atoms with Crippen LogP contribution in [0.2, 0.25) is 0 Å². The highest BCUT2D eigenvalue weighted by atomic mass is 32.2. The lowest BCUT2D eigenvalue weighted by Gasteiger charge is -2.45. The Morgan fingerprint density at radius 3 is 1.88 bits per heavy atom. The lowest BCUT2D eigenvalue weighted by Crippen LogP contribution is -2.37. The fraction of sp³-hybridized carbons (Fsp3) is 0.0208. The van der Waals surface area contributed by atoms with E-state index in [9.17, 15) is 0 Å². The molecule has 0 bridgehead atoms. The zero-order valence-corrected chi connectivity index (χ0v) is 28.4. The molecule has 0 saturated heterocycles. The fourth-order valence-electron chi connectivity index (χ4n) is 8.72. The normalized spacial score (nSPS) is 15.5. The topological polar surface area (TPSA) is 17.8 Å². The van der Waals surface area contributed by atoms with Crippen LogP contribution in [0.3, 0.4) is 0 Å². The molecular formula is C48H30N2S. The molecule has 2 aliphatic rings. The second-order valence-electron chi connectivity index (χ2n) is 13.5. The summed E-state index contributed by atoms with van der Waals surface area (Å²) in [5.41, 5.74) is 15.1. The number of para-hydroxylation sites is 3. The van der Waals surface area contributed by atoms with Crippen LogP contribution in [0.25, 0.3) is 61.1 Å². The van der Waals surface area contributed by atoms with Gasteiger partial charge in [-0.1, -0.05) is 157 Å². The van der Waals surface area contributed by atoms with Crippen molar-refractivity contribution in [3.63, 3.8) is 0 Å². The number of pyridine rings is 1. The van der Waals surface area contributed by atoms with Crippen molar-refractivity contribution in [2.24, 2.45) is 0 Å². The minimum Gasteiger partial charge on any atom is -0.309 e. The van der Waals surface area contributed by atoms with E-state index < -0.39 is 5.41 Å². The third-order valence-corrected chi connectivity index (χ3v) is 12.0. The van der Waals surface area contributed by atoms with Crippen LogP contribution in [0, 0.1) is 0 Å². The second kappa shape index (κ2) is 10.9. The molecule has 2 aromatic heterocycles. The van der Waals surface area contributed by atoms with Crippen LogP contribution < -0.4 is 0 Å². The molecule has 238 valence electrons. The Kier molecular flexibility index (Phi) is 6.14. The van der Waals surface area contributed by atoms with Gasteiger partial charge in [0.05, 0.1) is 33.5 Å². The smallest absolute Gasteiger partial charge is 0.0764 e. The van der Waals surface area contributed by atoms with Crippen molar-refractivity contribution < 1.29 is 0 Å². The first kappa shape index (κ1) is 28.7. The van der Waals surface area contributed by atoms with Crippen LogP contribution in [-0.4, -0.2) is 9.55 Å². The van der Waals surface area contributed by atoms with Crippen molar-refractivity contribution >= 4 is 33.6 Å². The lowest BCUT2D eigenvalue weighted by atomic mass is 9.62. The summed E-state index contributed by atoms with van der Waals surface area (Å²) in [6, 6.07) is 66.5. The molecule has 1 spiro atoms. The van der Waals surface area contributed by atoms with E-state index in [1.165, 1.54) is 65.1 Å². The van der Waals surface area contributed by atoms with Gasteiger partial charge in [-0.05, 0) is 69.8 Å². The molecule has 1 atom stereocenters. The summed E-state index contributed by atoms with van der Waals surface area (Å²) in [6.07, 6.45) is 0. The van der Waals surface area contributed by atoms with Gasteiger partial charge in [-0.15, -0.1) is 0 Å². The van der Waals surface area contributed by atoms with Gasteiger partial charge in [0.25, 0.3) is 0 Å². The molecule has 2 nitrogen and oxygen atoms in total. The van der Waals surface area contributed by atoms with Gasteiger partial charge in [0.15, 0.2) is 0 Å². The average molecular weight is 667 g/mol. The average Bonchev–Trinajstić information content (AvgIpc) is 3.55. The number of benzene rings is 7. The number of rotatable bonds is 3. The van der Waals surface area contributed by atoms with Crippen LogP contribution in [0.15, 0.2) is 192 Å². The number of fused-ring (bicyclic) bond motifs is 11. The molecule has 3 heteroatoms. The summed E-state index contributed by atoms with van der Waals surface area (Å²) in [4.78, 5) is 7.85. The molecule has 9 aromatic rings. The zero-order chi connectivity index (χ0) is 33.5. The van der Waals surface area contributed by atoms with Crippen molar-refractivity contribution in [2.45, 2.75) is 15.2 Å². The van der Waals surface area contributed by atoms with Crippen molar-refractivity contribution in [1.82, 2.24) is 9.55 Å². The van der Waals surface area contributed by atoms with Crippen LogP contribution in [0.5, 0.6) is 0 Å². The molecule has 0 amide bonds. The zero-order valence-electron chi connectivity index (χ0n) is 27.6. The van der Waals surface area contributed by atoms with Crippen LogP contribution in [0.4, 0.5) is 0 Å². The molecule has 11 rings (SSSR count). The molecule has 51 heavy (non-hydrogen) atoms. The molecule has 0 fully saturated rings.